The third-order valence-electron chi connectivity index (χ3n) is 3.82. The van der Waals surface area contributed by atoms with Gasteiger partial charge in [-0.05, 0) is 29.8 Å². The van der Waals surface area contributed by atoms with E-state index in [1.165, 1.54) is 24.3 Å². The molecule has 1 fully saturated rings. The van der Waals surface area contributed by atoms with Crippen molar-refractivity contribution >= 4 is 23.5 Å². The smallest absolute Gasteiger partial charge is 0.325 e. The van der Waals surface area contributed by atoms with Crippen molar-refractivity contribution < 1.29 is 18.8 Å². The lowest BCUT2D eigenvalue weighted by atomic mass is 10.1. The number of imide groups is 1. The van der Waals surface area contributed by atoms with Gasteiger partial charge < -0.3 is 10.6 Å². The van der Waals surface area contributed by atoms with E-state index in [0.717, 1.165) is 10.5 Å². The molecule has 128 valence electrons. The molecule has 0 spiro atoms. The van der Waals surface area contributed by atoms with Crippen molar-refractivity contribution in [2.45, 2.75) is 12.5 Å². The molecule has 25 heavy (non-hydrogen) atoms. The van der Waals surface area contributed by atoms with E-state index in [4.69, 9.17) is 0 Å². The summed E-state index contributed by atoms with van der Waals surface area (Å²) in [6, 6.07) is 13.2. The van der Waals surface area contributed by atoms with Gasteiger partial charge >= 0.3 is 6.03 Å². The molecular weight excluding hydrogens is 325 g/mol. The van der Waals surface area contributed by atoms with Crippen LogP contribution in [0.1, 0.15) is 5.56 Å². The van der Waals surface area contributed by atoms with Crippen molar-refractivity contribution in [3.05, 3.63) is 66.0 Å². The molecule has 2 aromatic rings. The van der Waals surface area contributed by atoms with Gasteiger partial charge in [0.05, 0.1) is 0 Å². The Balaban J connectivity index is 1.60. The average Bonchev–Trinajstić information content (AvgIpc) is 2.85. The van der Waals surface area contributed by atoms with Crippen LogP contribution in [-0.2, 0) is 16.0 Å². The Labute approximate surface area is 143 Å². The van der Waals surface area contributed by atoms with Crippen LogP contribution >= 0.6 is 0 Å². The number of amides is 4. The molecule has 2 N–H and O–H groups in total. The number of hydrogen-bond acceptors (Lipinski definition) is 3. The lowest BCUT2D eigenvalue weighted by molar-refractivity contribution is -0.130. The molecule has 4 amide bonds. The predicted molar refractivity (Wildman–Crippen MR) is 89.2 cm³/mol. The summed E-state index contributed by atoms with van der Waals surface area (Å²) in [5.41, 5.74) is 1.30. The van der Waals surface area contributed by atoms with Crippen molar-refractivity contribution in [1.82, 2.24) is 10.2 Å². The van der Waals surface area contributed by atoms with Gasteiger partial charge in [0.1, 0.15) is 18.4 Å². The third-order valence-corrected chi connectivity index (χ3v) is 3.82. The fraction of sp³-hybridized carbons (Fsp3) is 0.167. The third kappa shape index (κ3) is 4.00. The topological polar surface area (TPSA) is 78.5 Å². The fourth-order valence-corrected chi connectivity index (χ4v) is 2.59. The Morgan fingerprint density at radius 3 is 2.44 bits per heavy atom. The second-order valence-corrected chi connectivity index (χ2v) is 5.67. The van der Waals surface area contributed by atoms with Crippen LogP contribution < -0.4 is 10.6 Å². The number of nitrogens with one attached hydrogen (secondary N) is 2. The maximum Gasteiger partial charge on any atom is 0.325 e. The SMILES string of the molecule is O=C(CN1C(=O)N[C@@H](Cc2ccccc2)C1=O)Nc1ccc(F)cc1. The molecule has 7 heteroatoms. The number of rotatable bonds is 5. The van der Waals surface area contributed by atoms with Crippen LogP contribution in [0.3, 0.4) is 0 Å². The van der Waals surface area contributed by atoms with E-state index in [-0.39, 0.29) is 0 Å². The van der Waals surface area contributed by atoms with E-state index in [0.29, 0.717) is 12.1 Å². The average molecular weight is 341 g/mol. The van der Waals surface area contributed by atoms with Crippen LogP contribution in [0.25, 0.3) is 0 Å². The zero-order valence-electron chi connectivity index (χ0n) is 13.2. The summed E-state index contributed by atoms with van der Waals surface area (Å²) >= 11 is 0. The zero-order valence-corrected chi connectivity index (χ0v) is 13.2. The zero-order chi connectivity index (χ0) is 17.8. The number of anilines is 1. The molecule has 1 aliphatic heterocycles. The molecule has 0 aromatic heterocycles. The standard InChI is InChI=1S/C18H16FN3O3/c19-13-6-8-14(9-7-13)20-16(23)11-22-17(24)15(21-18(22)25)10-12-4-2-1-3-5-12/h1-9,15H,10-11H2,(H,20,23)(H,21,25)/t15-/m0/s1. The van der Waals surface area contributed by atoms with Crippen LogP contribution in [0.4, 0.5) is 14.9 Å². The highest BCUT2D eigenvalue weighted by Crippen LogP contribution is 2.13. The molecule has 0 bridgehead atoms. The van der Waals surface area contributed by atoms with E-state index in [1.54, 1.807) is 0 Å². The molecule has 0 aliphatic carbocycles. The molecule has 6 nitrogen and oxygen atoms in total. The summed E-state index contributed by atoms with van der Waals surface area (Å²) in [6.07, 6.45) is 0.363. The number of benzene rings is 2. The minimum absolute atomic E-state index is 0.363. The van der Waals surface area contributed by atoms with Crippen LogP contribution in [-0.4, -0.2) is 35.3 Å². The summed E-state index contributed by atoms with van der Waals surface area (Å²) in [4.78, 5) is 37.3. The lowest BCUT2D eigenvalue weighted by Gasteiger charge is -2.13. The monoisotopic (exact) mass is 341 g/mol. The van der Waals surface area contributed by atoms with Gasteiger partial charge in [-0.1, -0.05) is 30.3 Å². The van der Waals surface area contributed by atoms with E-state index in [2.05, 4.69) is 10.6 Å². The minimum Gasteiger partial charge on any atom is -0.325 e. The molecule has 0 radical (unpaired) electrons. The molecule has 1 atom stereocenters. The van der Waals surface area contributed by atoms with Crippen molar-refractivity contribution in [3.8, 4) is 0 Å². The molecule has 3 rings (SSSR count). The normalized spacial score (nSPS) is 16.7. The number of carbonyl (C=O) groups excluding carboxylic acids is 3. The molecular formula is C18H16FN3O3. The maximum absolute atomic E-state index is 12.9. The Morgan fingerprint density at radius 2 is 1.76 bits per heavy atom. The Bertz CT molecular complexity index is 793. The minimum atomic E-state index is -0.687. The summed E-state index contributed by atoms with van der Waals surface area (Å²) in [7, 11) is 0. The Hall–Kier alpha value is -3.22. The number of nitrogens with zero attached hydrogens (tertiary/aromatic N) is 1. The summed E-state index contributed by atoms with van der Waals surface area (Å²) in [5.74, 6) is -1.39. The van der Waals surface area contributed by atoms with Crippen LogP contribution in [0.5, 0.6) is 0 Å². The van der Waals surface area contributed by atoms with Crippen molar-refractivity contribution in [1.29, 1.82) is 0 Å². The highest BCUT2D eigenvalue weighted by atomic mass is 19.1. The first kappa shape index (κ1) is 16.6. The number of urea groups is 1. The van der Waals surface area contributed by atoms with E-state index >= 15 is 0 Å². The highest BCUT2D eigenvalue weighted by Gasteiger charge is 2.38. The van der Waals surface area contributed by atoms with Gasteiger partial charge in [-0.15, -0.1) is 0 Å². The van der Waals surface area contributed by atoms with Crippen molar-refractivity contribution in [2.75, 3.05) is 11.9 Å². The molecule has 1 heterocycles. The molecule has 1 saturated heterocycles. The molecule has 0 unspecified atom stereocenters. The first-order chi connectivity index (χ1) is 12.0. The molecule has 2 aromatic carbocycles. The largest absolute Gasteiger partial charge is 0.325 e. The van der Waals surface area contributed by atoms with Gasteiger partial charge in [0.25, 0.3) is 5.91 Å². The van der Waals surface area contributed by atoms with Gasteiger partial charge in [-0.2, -0.15) is 0 Å². The quantitative estimate of drug-likeness (QED) is 0.816. The van der Waals surface area contributed by atoms with Crippen LogP contribution in [0.15, 0.2) is 54.6 Å². The van der Waals surface area contributed by atoms with Gasteiger partial charge in [-0.25, -0.2) is 9.18 Å². The van der Waals surface area contributed by atoms with Crippen LogP contribution in [0.2, 0.25) is 0 Å². The fourth-order valence-electron chi connectivity index (χ4n) is 2.59. The first-order valence-corrected chi connectivity index (χ1v) is 7.74. The molecule has 1 aliphatic rings. The van der Waals surface area contributed by atoms with Gasteiger partial charge in [0.2, 0.25) is 5.91 Å². The number of hydrogen-bond donors (Lipinski definition) is 2. The number of carbonyl (C=O) groups is 3. The number of halogens is 1. The maximum atomic E-state index is 12.9. The molecule has 0 saturated carbocycles. The Kier molecular flexibility index (Phi) is 4.74. The summed E-state index contributed by atoms with van der Waals surface area (Å²) in [6.45, 7) is -0.396. The van der Waals surface area contributed by atoms with Gasteiger partial charge in [-0.3, -0.25) is 14.5 Å². The first-order valence-electron chi connectivity index (χ1n) is 7.74. The predicted octanol–water partition coefficient (Wildman–Crippen LogP) is 1.93. The van der Waals surface area contributed by atoms with Gasteiger partial charge in [0.15, 0.2) is 0 Å². The second-order valence-electron chi connectivity index (χ2n) is 5.67. The van der Waals surface area contributed by atoms with Gasteiger partial charge in [0, 0.05) is 12.1 Å². The van der Waals surface area contributed by atoms with Crippen molar-refractivity contribution in [2.24, 2.45) is 0 Å². The Morgan fingerprint density at radius 1 is 1.08 bits per heavy atom. The second kappa shape index (κ2) is 7.12. The van der Waals surface area contributed by atoms with Crippen molar-refractivity contribution in [3.63, 3.8) is 0 Å². The van der Waals surface area contributed by atoms with E-state index in [1.807, 2.05) is 30.3 Å². The van der Waals surface area contributed by atoms with E-state index in [9.17, 15) is 18.8 Å². The summed E-state index contributed by atoms with van der Waals surface area (Å²) < 4.78 is 12.9. The lowest BCUT2D eigenvalue weighted by Crippen LogP contribution is -2.38. The van der Waals surface area contributed by atoms with Crippen LogP contribution in [0, 0.1) is 5.82 Å². The highest BCUT2D eigenvalue weighted by molar-refractivity contribution is 6.08. The van der Waals surface area contributed by atoms with E-state index < -0.39 is 36.2 Å². The summed E-state index contributed by atoms with van der Waals surface area (Å²) in [5, 5.41) is 5.11.